The molecule has 1 aliphatic heterocycles. The van der Waals surface area contributed by atoms with Crippen molar-refractivity contribution >= 4 is 43.6 Å². The fourth-order valence-electron chi connectivity index (χ4n) is 21.2. The summed E-state index contributed by atoms with van der Waals surface area (Å²) in [6.45, 7) is 35.3. The molecule has 6 aromatic carbocycles. The van der Waals surface area contributed by atoms with Gasteiger partial charge in [-0.05, 0) is 361 Å². The van der Waals surface area contributed by atoms with Gasteiger partial charge in [-0.15, -0.1) is 0 Å². The van der Waals surface area contributed by atoms with Crippen LogP contribution in [0.15, 0.2) is 285 Å². The van der Waals surface area contributed by atoms with Gasteiger partial charge in [0.05, 0.1) is 67.7 Å². The molecule has 660 valence electrons. The van der Waals surface area contributed by atoms with E-state index >= 15 is 0 Å². The summed E-state index contributed by atoms with van der Waals surface area (Å²) in [5.74, 6) is 11.5. The van der Waals surface area contributed by atoms with E-state index in [1.54, 1.807) is 0 Å². The second-order valence-electron chi connectivity index (χ2n) is 36.1. The zero-order valence-electron chi connectivity index (χ0n) is 78.1. The topological polar surface area (TPSA) is 188 Å². The van der Waals surface area contributed by atoms with Gasteiger partial charge in [-0.1, -0.05) is 72.8 Å². The summed E-state index contributed by atoms with van der Waals surface area (Å²) in [5.41, 5.74) is 34.0. The number of unbranched alkanes of at least 4 members (excludes halogenated alkanes) is 1. The van der Waals surface area contributed by atoms with Gasteiger partial charge in [-0.25, -0.2) is 29.9 Å². The number of pyridine rings is 6. The van der Waals surface area contributed by atoms with Gasteiger partial charge in [-0.2, -0.15) is 0 Å². The van der Waals surface area contributed by atoms with Gasteiger partial charge in [0.2, 0.25) is 0 Å². The number of aromatic nitrogens is 8. The molecule has 0 fully saturated rings. The van der Waals surface area contributed by atoms with E-state index in [0.717, 1.165) is 276 Å². The Labute approximate surface area is 777 Å². The maximum absolute atomic E-state index is 6.56. The lowest BCUT2D eigenvalue weighted by Gasteiger charge is -2.21. The summed E-state index contributed by atoms with van der Waals surface area (Å²) in [7, 11) is 0. The molecule has 1 unspecified atom stereocenters. The van der Waals surface area contributed by atoms with E-state index in [1.165, 1.54) is 0 Å². The highest BCUT2D eigenvalue weighted by Crippen LogP contribution is 2.56. The van der Waals surface area contributed by atoms with E-state index in [2.05, 4.69) is 216 Å². The van der Waals surface area contributed by atoms with Gasteiger partial charge >= 0.3 is 0 Å². The fraction of sp³-hybridized carbons (Fsp3) is 0.186. The first-order chi connectivity index (χ1) is 65.0. The van der Waals surface area contributed by atoms with Crippen LogP contribution in [0.4, 0.5) is 0 Å². The Bertz CT molecular complexity index is 8130. The number of aryl methyl sites for hydroxylation is 13. The van der Waals surface area contributed by atoms with Gasteiger partial charge in [0.25, 0.3) is 0 Å². The SMILES string of the molecule is CC1=CCC(c2cccc(-c3c(C)c(-c4cccc(-c5ccc(C)o5)c4)c4c(c3C)c3c(C)c(-c5cccc(-c6ccc(C)o6)c5)c(C)c(-c5cccc(-c6ccc(C)o6)n5)c3n4CCCCn3c4c(-c5cccc(-c6ccc(C)o6)n5)c(C)c(-c5cccc(-c6ccc(C)o6)n5)c(C)c4c4c(C)c(-c5cccc(-c6ccc(C)o6)n5)c(C)c(-c5cccc(-c6ccc(C)o6)n5)c43)n2)O1. The minimum absolute atomic E-state index is 0.231. The Hall–Kier alpha value is -15.7. The zero-order valence-corrected chi connectivity index (χ0v) is 78.1. The molecule has 16 heteroatoms. The molecule has 21 aromatic rings. The van der Waals surface area contributed by atoms with Crippen LogP contribution >= 0.6 is 0 Å². The number of ether oxygens (including phenoxy) is 1. The lowest BCUT2D eigenvalue weighted by Crippen LogP contribution is -2.08. The van der Waals surface area contributed by atoms with Crippen molar-refractivity contribution in [3.05, 3.63) is 345 Å². The maximum Gasteiger partial charge on any atom is 0.152 e. The highest BCUT2D eigenvalue weighted by Gasteiger charge is 2.35. The molecule has 0 N–H and O–H groups in total. The number of furan rings is 7. The van der Waals surface area contributed by atoms with Crippen LogP contribution in [-0.4, -0.2) is 39.0 Å². The number of hydrogen-bond donors (Lipinski definition) is 0. The van der Waals surface area contributed by atoms with Crippen LogP contribution in [0.5, 0.6) is 0 Å². The molecule has 134 heavy (non-hydrogen) atoms. The summed E-state index contributed by atoms with van der Waals surface area (Å²) in [6, 6.07) is 84.0. The van der Waals surface area contributed by atoms with E-state index in [9.17, 15) is 0 Å². The van der Waals surface area contributed by atoms with Gasteiger partial charge in [-0.3, -0.25) is 0 Å². The van der Waals surface area contributed by atoms with Crippen LogP contribution in [0, 0.1) is 104 Å². The van der Waals surface area contributed by atoms with Crippen molar-refractivity contribution in [1.29, 1.82) is 0 Å². The maximum atomic E-state index is 6.56. The number of benzene rings is 6. The molecule has 0 saturated carbocycles. The summed E-state index contributed by atoms with van der Waals surface area (Å²) in [5, 5.41) is 4.33. The molecule has 0 aliphatic carbocycles. The second kappa shape index (κ2) is 33.3. The average molecular weight is 1760 g/mol. The van der Waals surface area contributed by atoms with Crippen molar-refractivity contribution in [2.24, 2.45) is 0 Å². The Morgan fingerprint density at radius 3 is 0.806 bits per heavy atom. The van der Waals surface area contributed by atoms with Crippen molar-refractivity contribution in [3.63, 3.8) is 0 Å². The van der Waals surface area contributed by atoms with Crippen molar-refractivity contribution in [3.8, 4) is 170 Å². The molecule has 1 aliphatic rings. The Balaban J connectivity index is 0.843. The highest BCUT2D eigenvalue weighted by atomic mass is 16.5. The zero-order chi connectivity index (χ0) is 91.9. The smallest absolute Gasteiger partial charge is 0.152 e. The van der Waals surface area contributed by atoms with Crippen LogP contribution in [-0.2, 0) is 17.8 Å². The van der Waals surface area contributed by atoms with Crippen LogP contribution < -0.4 is 0 Å². The molecule has 15 aromatic heterocycles. The highest BCUT2D eigenvalue weighted by molar-refractivity contribution is 6.24. The predicted octanol–water partition coefficient (Wildman–Crippen LogP) is 31.9. The van der Waals surface area contributed by atoms with Gasteiger partial charge in [0.1, 0.15) is 86.4 Å². The van der Waals surface area contributed by atoms with Crippen LogP contribution in [0.2, 0.25) is 0 Å². The van der Waals surface area contributed by atoms with E-state index in [1.807, 2.05) is 152 Å². The number of allylic oxidation sites excluding steroid dienone is 1. The Morgan fingerprint density at radius 2 is 0.493 bits per heavy atom. The first-order valence-electron chi connectivity index (χ1n) is 46.1. The third kappa shape index (κ3) is 14.4. The number of fused-ring (bicyclic) bond motifs is 6. The monoisotopic (exact) mass is 1760 g/mol. The molecule has 1 atom stereocenters. The van der Waals surface area contributed by atoms with Crippen molar-refractivity contribution < 1.29 is 35.7 Å². The fourth-order valence-corrected chi connectivity index (χ4v) is 21.2. The van der Waals surface area contributed by atoms with E-state index < -0.39 is 0 Å². The summed E-state index contributed by atoms with van der Waals surface area (Å²) in [6.07, 6.45) is 4.00. The van der Waals surface area contributed by atoms with Gasteiger partial charge in [0.15, 0.2) is 28.8 Å². The van der Waals surface area contributed by atoms with Crippen molar-refractivity contribution in [2.75, 3.05) is 0 Å². The minimum Gasteiger partial charge on any atom is -0.489 e. The van der Waals surface area contributed by atoms with Crippen LogP contribution in [0.1, 0.15) is 123 Å². The molecule has 0 bridgehead atoms. The normalized spacial score (nSPS) is 12.9. The van der Waals surface area contributed by atoms with E-state index in [-0.39, 0.29) is 6.10 Å². The number of hydrogen-bond acceptors (Lipinski definition) is 14. The quantitative estimate of drug-likeness (QED) is 0.0618. The Kier molecular flexibility index (Phi) is 20.9. The van der Waals surface area contributed by atoms with E-state index in [4.69, 9.17) is 65.6 Å². The Morgan fingerprint density at radius 1 is 0.239 bits per heavy atom. The number of nitrogens with zero attached hydrogens (tertiary/aromatic N) is 8. The summed E-state index contributed by atoms with van der Waals surface area (Å²) < 4.78 is 57.2. The second-order valence-corrected chi connectivity index (χ2v) is 36.1. The molecule has 0 saturated heterocycles. The first-order valence-corrected chi connectivity index (χ1v) is 46.1. The van der Waals surface area contributed by atoms with Crippen molar-refractivity contribution in [1.82, 2.24) is 39.0 Å². The average Bonchev–Trinajstić information content (AvgIpc) is 1.54. The summed E-state index contributed by atoms with van der Waals surface area (Å²) in [4.78, 5) is 34.2. The molecular weight excluding hydrogens is 1660 g/mol. The molecule has 0 spiro atoms. The molecule has 0 radical (unpaired) electrons. The molecule has 22 rings (SSSR count). The molecule has 0 amide bonds. The van der Waals surface area contributed by atoms with Gasteiger partial charge in [0, 0.05) is 91.1 Å². The lowest BCUT2D eigenvalue weighted by molar-refractivity contribution is 0.143. The molecular formula is C118H100N8O8. The minimum atomic E-state index is -0.231. The number of rotatable bonds is 21. The molecule has 16 heterocycles. The van der Waals surface area contributed by atoms with Gasteiger partial charge < -0.3 is 44.8 Å². The largest absolute Gasteiger partial charge is 0.489 e. The third-order valence-corrected chi connectivity index (χ3v) is 27.1. The van der Waals surface area contributed by atoms with Crippen LogP contribution in [0.3, 0.4) is 0 Å². The van der Waals surface area contributed by atoms with Crippen molar-refractivity contribution in [2.45, 2.75) is 149 Å². The third-order valence-electron chi connectivity index (χ3n) is 27.1. The van der Waals surface area contributed by atoms with Crippen LogP contribution in [0.25, 0.3) is 213 Å². The standard InChI is InChI=1S/C118H100N8O8/c1-63-43-51-95(127-63)79-27-19-29-81(61-79)103-71(9)108(92-40-24-34-86(122-92)100-56-48-68(6)132-100)116-111(72(103)10)112-76(14)104(89-37-21-31-83(119-89)97-53-45-65(3)129-97)73(11)107(82-30-20-28-80(62-82)96-52-44-64(2)128-96)115(112)125(116)59-17-18-60-126-117-109(93-41-25-35-87(123-93)101-57-49-69(7)133-101)74(12)105(90-38-22-32-84(120-90)98-54-46-66(4)130-98)77(15)113(117)114-78(16)106(91-39-23-33-85(121-91)99-55-47-67(5)131-99)75(13)110(118(114)126)94-42-26-36-88(124-94)102-58-50-70(8)134-102/h19-52,54-58,61-62,97H,17-18,53,59-60H2,1-16H3. The van der Waals surface area contributed by atoms with E-state index in [0.29, 0.717) is 66.1 Å². The lowest BCUT2D eigenvalue weighted by atomic mass is 9.84. The predicted molar refractivity (Wildman–Crippen MR) is 536 cm³/mol. The first kappa shape index (κ1) is 83.9. The molecule has 16 nitrogen and oxygen atoms in total. The summed E-state index contributed by atoms with van der Waals surface area (Å²) >= 11 is 0.